The molecule has 2 aromatic rings. The van der Waals surface area contributed by atoms with Gasteiger partial charge in [0.05, 0.1) is 17.7 Å². The predicted octanol–water partition coefficient (Wildman–Crippen LogP) is 3.54. The van der Waals surface area contributed by atoms with Crippen LogP contribution in [-0.2, 0) is 20.5 Å². The van der Waals surface area contributed by atoms with Gasteiger partial charge in [-0.2, -0.15) is 13.2 Å². The zero-order chi connectivity index (χ0) is 22.5. The van der Waals surface area contributed by atoms with Gasteiger partial charge in [-0.05, 0) is 56.2 Å². The third kappa shape index (κ3) is 6.33. The predicted molar refractivity (Wildman–Crippen MR) is 104 cm³/mol. The van der Waals surface area contributed by atoms with Crippen LogP contribution in [-0.4, -0.2) is 30.9 Å². The van der Waals surface area contributed by atoms with Crippen LogP contribution in [0.25, 0.3) is 0 Å². The number of nitrogens with one attached hydrogen (secondary N) is 2. The molecule has 0 fully saturated rings. The van der Waals surface area contributed by atoms with Gasteiger partial charge in [0.2, 0.25) is 5.91 Å². The van der Waals surface area contributed by atoms with Gasteiger partial charge < -0.3 is 15.4 Å². The molecule has 0 saturated heterocycles. The van der Waals surface area contributed by atoms with Crippen molar-refractivity contribution in [1.29, 1.82) is 0 Å². The van der Waals surface area contributed by atoms with Crippen molar-refractivity contribution in [2.24, 2.45) is 0 Å². The number of hydrogen-bond acceptors (Lipinski definition) is 4. The second kappa shape index (κ2) is 9.43. The molecule has 160 valence electrons. The summed E-state index contributed by atoms with van der Waals surface area (Å²) < 4.78 is 42.3. The van der Waals surface area contributed by atoms with Crippen LogP contribution >= 0.6 is 0 Å². The minimum atomic E-state index is -4.52. The largest absolute Gasteiger partial charge is 0.452 e. The Hall–Kier alpha value is -3.36. The van der Waals surface area contributed by atoms with Gasteiger partial charge in [0.25, 0.3) is 5.91 Å². The third-order valence-electron chi connectivity index (χ3n) is 4.17. The van der Waals surface area contributed by atoms with E-state index in [0.717, 1.165) is 41.0 Å². The average Bonchev–Trinajstić information content (AvgIpc) is 2.66. The number of esters is 1. The standard InChI is InChI=1S/C21H21F3N2O4/c1-12-8-13(2)19(14(3)9-12)26-17(27)10-25-18(28)11-30-20(29)15-4-6-16(7-5-15)21(22,23)24/h4-9H,10-11H2,1-3H3,(H,25,28)(H,26,27). The molecule has 0 spiro atoms. The Morgan fingerprint density at radius 3 is 2.03 bits per heavy atom. The topological polar surface area (TPSA) is 84.5 Å². The van der Waals surface area contributed by atoms with Gasteiger partial charge in [-0.15, -0.1) is 0 Å². The Labute approximate surface area is 171 Å². The maximum atomic E-state index is 12.5. The van der Waals surface area contributed by atoms with Crippen LogP contribution in [0.4, 0.5) is 18.9 Å². The Balaban J connectivity index is 1.81. The summed E-state index contributed by atoms with van der Waals surface area (Å²) in [5, 5.41) is 5.03. The first-order valence-electron chi connectivity index (χ1n) is 8.96. The Morgan fingerprint density at radius 1 is 0.933 bits per heavy atom. The van der Waals surface area contributed by atoms with Crippen molar-refractivity contribution in [2.45, 2.75) is 26.9 Å². The molecule has 6 nitrogen and oxygen atoms in total. The van der Waals surface area contributed by atoms with Gasteiger partial charge in [-0.3, -0.25) is 9.59 Å². The minimum Gasteiger partial charge on any atom is -0.452 e. The summed E-state index contributed by atoms with van der Waals surface area (Å²) in [6, 6.07) is 7.25. The Bertz CT molecular complexity index is 931. The first-order valence-corrected chi connectivity index (χ1v) is 8.96. The van der Waals surface area contributed by atoms with Crippen LogP contribution in [0.1, 0.15) is 32.6 Å². The highest BCUT2D eigenvalue weighted by atomic mass is 19.4. The molecule has 2 N–H and O–H groups in total. The van der Waals surface area contributed by atoms with Crippen LogP contribution in [0.15, 0.2) is 36.4 Å². The Morgan fingerprint density at radius 2 is 1.50 bits per heavy atom. The van der Waals surface area contributed by atoms with E-state index in [0.29, 0.717) is 5.69 Å². The molecule has 0 atom stereocenters. The molecule has 9 heteroatoms. The molecule has 0 saturated carbocycles. The lowest BCUT2D eigenvalue weighted by Gasteiger charge is -2.13. The number of hydrogen-bond donors (Lipinski definition) is 2. The molecular formula is C21H21F3N2O4. The molecule has 0 radical (unpaired) electrons. The monoisotopic (exact) mass is 422 g/mol. The van der Waals surface area contributed by atoms with Crippen LogP contribution < -0.4 is 10.6 Å². The number of halogens is 3. The van der Waals surface area contributed by atoms with Crippen molar-refractivity contribution < 1.29 is 32.3 Å². The molecule has 0 heterocycles. The number of carbonyl (C=O) groups is 3. The molecule has 2 aromatic carbocycles. The number of ether oxygens (including phenoxy) is 1. The van der Waals surface area contributed by atoms with Gasteiger partial charge in [0, 0.05) is 5.69 Å². The first-order chi connectivity index (χ1) is 14.0. The van der Waals surface area contributed by atoms with E-state index in [1.54, 1.807) is 0 Å². The molecule has 0 unspecified atom stereocenters. The van der Waals surface area contributed by atoms with Crippen LogP contribution in [0.5, 0.6) is 0 Å². The van der Waals surface area contributed by atoms with E-state index >= 15 is 0 Å². The maximum absolute atomic E-state index is 12.5. The lowest BCUT2D eigenvalue weighted by Crippen LogP contribution is -2.35. The fraction of sp³-hybridized carbons (Fsp3) is 0.286. The number of amides is 2. The fourth-order valence-corrected chi connectivity index (χ4v) is 2.80. The van der Waals surface area contributed by atoms with Crippen molar-refractivity contribution in [1.82, 2.24) is 5.32 Å². The smallest absolute Gasteiger partial charge is 0.416 e. The van der Waals surface area contributed by atoms with E-state index in [1.165, 1.54) is 0 Å². The molecule has 2 amide bonds. The molecule has 0 bridgehead atoms. The van der Waals surface area contributed by atoms with Crippen molar-refractivity contribution in [2.75, 3.05) is 18.5 Å². The number of aryl methyl sites for hydroxylation is 3. The molecular weight excluding hydrogens is 401 g/mol. The van der Waals surface area contributed by atoms with Crippen LogP contribution in [0.2, 0.25) is 0 Å². The minimum absolute atomic E-state index is 0.126. The van der Waals surface area contributed by atoms with Crippen molar-refractivity contribution in [3.05, 3.63) is 64.2 Å². The second-order valence-corrected chi connectivity index (χ2v) is 6.75. The molecule has 0 aliphatic heterocycles. The molecule has 2 rings (SSSR count). The second-order valence-electron chi connectivity index (χ2n) is 6.75. The van der Waals surface area contributed by atoms with Gasteiger partial charge in [-0.1, -0.05) is 17.7 Å². The zero-order valence-corrected chi connectivity index (χ0v) is 16.6. The van der Waals surface area contributed by atoms with Crippen LogP contribution in [0.3, 0.4) is 0 Å². The number of alkyl halides is 3. The van der Waals surface area contributed by atoms with Gasteiger partial charge in [0.15, 0.2) is 6.61 Å². The van der Waals surface area contributed by atoms with Crippen molar-refractivity contribution in [3.63, 3.8) is 0 Å². The number of anilines is 1. The fourth-order valence-electron chi connectivity index (χ4n) is 2.80. The van der Waals surface area contributed by atoms with Crippen LogP contribution in [0, 0.1) is 20.8 Å². The molecule has 0 aliphatic carbocycles. The normalized spacial score (nSPS) is 11.0. The highest BCUT2D eigenvalue weighted by molar-refractivity contribution is 5.96. The van der Waals surface area contributed by atoms with Crippen molar-refractivity contribution >= 4 is 23.5 Å². The first kappa shape index (κ1) is 22.9. The van der Waals surface area contributed by atoms with Gasteiger partial charge in [-0.25, -0.2) is 4.79 Å². The quantitative estimate of drug-likeness (QED) is 0.698. The SMILES string of the molecule is Cc1cc(C)c(NC(=O)CNC(=O)COC(=O)c2ccc(C(F)(F)F)cc2)c(C)c1. The van der Waals surface area contributed by atoms with Gasteiger partial charge in [0.1, 0.15) is 0 Å². The molecule has 0 aromatic heterocycles. The summed E-state index contributed by atoms with van der Waals surface area (Å²) in [5.41, 5.74) is 2.47. The molecule has 0 aliphatic rings. The van der Waals surface area contributed by atoms with E-state index in [2.05, 4.69) is 10.6 Å². The number of benzene rings is 2. The van der Waals surface area contributed by atoms with Gasteiger partial charge >= 0.3 is 12.1 Å². The van der Waals surface area contributed by atoms with E-state index in [9.17, 15) is 27.6 Å². The summed E-state index contributed by atoms with van der Waals surface area (Å²) in [6.45, 7) is 4.65. The summed E-state index contributed by atoms with van der Waals surface area (Å²) >= 11 is 0. The number of rotatable bonds is 6. The third-order valence-corrected chi connectivity index (χ3v) is 4.17. The summed E-state index contributed by atoms with van der Waals surface area (Å²) in [4.78, 5) is 35.7. The van der Waals surface area contributed by atoms with E-state index in [-0.39, 0.29) is 12.1 Å². The van der Waals surface area contributed by atoms with E-state index in [4.69, 9.17) is 4.74 Å². The van der Waals surface area contributed by atoms with E-state index in [1.807, 2.05) is 32.9 Å². The highest BCUT2D eigenvalue weighted by Crippen LogP contribution is 2.29. The maximum Gasteiger partial charge on any atom is 0.416 e. The number of carbonyl (C=O) groups excluding carboxylic acids is 3. The molecule has 30 heavy (non-hydrogen) atoms. The summed E-state index contributed by atoms with van der Waals surface area (Å²) in [5.74, 6) is -2.12. The highest BCUT2D eigenvalue weighted by Gasteiger charge is 2.30. The Kier molecular flexibility index (Phi) is 7.20. The van der Waals surface area contributed by atoms with E-state index < -0.39 is 36.1 Å². The lowest BCUT2D eigenvalue weighted by atomic mass is 10.1. The summed E-state index contributed by atoms with van der Waals surface area (Å²) in [7, 11) is 0. The summed E-state index contributed by atoms with van der Waals surface area (Å²) in [6.07, 6.45) is -4.52. The zero-order valence-electron chi connectivity index (χ0n) is 16.6. The van der Waals surface area contributed by atoms with Crippen molar-refractivity contribution in [3.8, 4) is 0 Å². The lowest BCUT2D eigenvalue weighted by molar-refractivity contribution is -0.137. The average molecular weight is 422 g/mol.